The summed E-state index contributed by atoms with van der Waals surface area (Å²) in [7, 11) is 2.96. The summed E-state index contributed by atoms with van der Waals surface area (Å²) in [4.78, 5) is 28.7. The van der Waals surface area contributed by atoms with Gasteiger partial charge in [-0.1, -0.05) is 54.1 Å². The standard InChI is InChI=1S/C29H24ClNO5/c1-35-21-11-12-23(27(15-21)36-2)26(32)16-29(34)24-14-20(30)10-13-25(24)31(28(29)33)17-19-8-5-7-18-6-3-4-9-22(18)19/h3-15,34H,16-17H2,1-2H3. The average Bonchev–Trinajstić information content (AvgIpc) is 3.09. The zero-order chi connectivity index (χ0) is 25.4. The van der Waals surface area contributed by atoms with Gasteiger partial charge in [-0.25, -0.2) is 0 Å². The van der Waals surface area contributed by atoms with Gasteiger partial charge in [-0.2, -0.15) is 0 Å². The van der Waals surface area contributed by atoms with Gasteiger partial charge in [0, 0.05) is 16.7 Å². The summed E-state index contributed by atoms with van der Waals surface area (Å²) in [6.45, 7) is 0.233. The number of rotatable bonds is 7. The first-order valence-electron chi connectivity index (χ1n) is 11.4. The van der Waals surface area contributed by atoms with E-state index >= 15 is 0 Å². The predicted molar refractivity (Wildman–Crippen MR) is 139 cm³/mol. The number of carbonyl (C=O) groups excluding carboxylic acids is 2. The van der Waals surface area contributed by atoms with Crippen LogP contribution >= 0.6 is 11.6 Å². The van der Waals surface area contributed by atoms with E-state index in [4.69, 9.17) is 21.1 Å². The summed E-state index contributed by atoms with van der Waals surface area (Å²) in [6.07, 6.45) is -0.464. The highest BCUT2D eigenvalue weighted by molar-refractivity contribution is 6.31. The summed E-state index contributed by atoms with van der Waals surface area (Å²) in [5.41, 5.74) is -0.0759. The monoisotopic (exact) mass is 501 g/mol. The number of halogens is 1. The Labute approximate surface area is 213 Å². The lowest BCUT2D eigenvalue weighted by Crippen LogP contribution is -2.41. The van der Waals surface area contributed by atoms with E-state index in [0.29, 0.717) is 27.8 Å². The highest BCUT2D eigenvalue weighted by Gasteiger charge is 2.51. The van der Waals surface area contributed by atoms with Crippen LogP contribution < -0.4 is 14.4 Å². The molecule has 0 saturated heterocycles. The van der Waals surface area contributed by atoms with Gasteiger partial charge in [0.1, 0.15) is 11.5 Å². The number of hydrogen-bond acceptors (Lipinski definition) is 5. The fourth-order valence-corrected chi connectivity index (χ4v) is 4.98. The molecule has 0 saturated carbocycles. The first-order chi connectivity index (χ1) is 17.4. The van der Waals surface area contributed by atoms with Gasteiger partial charge in [0.05, 0.1) is 38.4 Å². The van der Waals surface area contributed by atoms with Gasteiger partial charge in [0.15, 0.2) is 11.4 Å². The maximum Gasteiger partial charge on any atom is 0.264 e. The van der Waals surface area contributed by atoms with E-state index in [2.05, 4.69) is 0 Å². The number of Topliss-reactive ketones (excluding diaryl/α,β-unsaturated/α-hetero) is 1. The van der Waals surface area contributed by atoms with Gasteiger partial charge in [0.2, 0.25) is 0 Å². The molecular formula is C29H24ClNO5. The smallest absolute Gasteiger partial charge is 0.264 e. The van der Waals surface area contributed by atoms with Crippen LogP contribution in [0.5, 0.6) is 11.5 Å². The van der Waals surface area contributed by atoms with Crippen molar-refractivity contribution in [3.05, 3.63) is 101 Å². The zero-order valence-electron chi connectivity index (χ0n) is 19.8. The van der Waals surface area contributed by atoms with Crippen molar-refractivity contribution in [1.82, 2.24) is 0 Å². The molecule has 182 valence electrons. The van der Waals surface area contributed by atoms with Crippen LogP contribution in [0, 0.1) is 0 Å². The molecule has 1 amide bonds. The van der Waals surface area contributed by atoms with Crippen LogP contribution in [-0.4, -0.2) is 31.0 Å². The molecule has 0 aliphatic carbocycles. The van der Waals surface area contributed by atoms with E-state index in [1.54, 1.807) is 36.4 Å². The van der Waals surface area contributed by atoms with Crippen LogP contribution in [0.3, 0.4) is 0 Å². The van der Waals surface area contributed by atoms with Crippen molar-refractivity contribution in [3.63, 3.8) is 0 Å². The van der Waals surface area contributed by atoms with Gasteiger partial charge < -0.3 is 19.5 Å². The zero-order valence-corrected chi connectivity index (χ0v) is 20.6. The molecule has 1 aliphatic heterocycles. The Bertz CT molecular complexity index is 1500. The second-order valence-corrected chi connectivity index (χ2v) is 9.15. The third-order valence-corrected chi connectivity index (χ3v) is 6.86. The van der Waals surface area contributed by atoms with Crippen LogP contribution in [0.2, 0.25) is 5.02 Å². The SMILES string of the molecule is COc1ccc(C(=O)CC2(O)C(=O)N(Cc3cccc4ccccc34)c3ccc(Cl)cc32)c(OC)c1. The minimum Gasteiger partial charge on any atom is -0.497 e. The number of amides is 1. The molecule has 1 unspecified atom stereocenters. The van der Waals surface area contributed by atoms with Gasteiger partial charge in [-0.05, 0) is 46.7 Å². The summed E-state index contributed by atoms with van der Waals surface area (Å²) in [6, 6.07) is 23.5. The third kappa shape index (κ3) is 3.98. The molecule has 0 aromatic heterocycles. The molecule has 5 rings (SSSR count). The number of anilines is 1. The quantitative estimate of drug-likeness (QED) is 0.337. The molecule has 0 spiro atoms. The summed E-state index contributed by atoms with van der Waals surface area (Å²) in [5, 5.41) is 14.2. The lowest BCUT2D eigenvalue weighted by molar-refractivity contribution is -0.136. The second-order valence-electron chi connectivity index (χ2n) is 8.72. The van der Waals surface area contributed by atoms with E-state index < -0.39 is 23.7 Å². The predicted octanol–water partition coefficient (Wildman–Crippen LogP) is 5.52. The molecule has 1 N–H and O–H groups in total. The Balaban J connectivity index is 1.53. The normalized spacial score (nSPS) is 16.8. The maximum absolute atomic E-state index is 13.8. The molecular weight excluding hydrogens is 478 g/mol. The number of fused-ring (bicyclic) bond motifs is 2. The number of benzene rings is 4. The first-order valence-corrected chi connectivity index (χ1v) is 11.8. The van der Waals surface area contributed by atoms with Crippen molar-refractivity contribution < 1.29 is 24.2 Å². The first kappa shape index (κ1) is 23.9. The Hall–Kier alpha value is -3.87. The number of ether oxygens (including phenoxy) is 2. The van der Waals surface area contributed by atoms with E-state index in [1.807, 2.05) is 42.5 Å². The fraction of sp³-hybridized carbons (Fsp3) is 0.172. The highest BCUT2D eigenvalue weighted by atomic mass is 35.5. The number of ketones is 1. The van der Waals surface area contributed by atoms with Crippen molar-refractivity contribution in [2.24, 2.45) is 0 Å². The van der Waals surface area contributed by atoms with Crippen LogP contribution in [-0.2, 0) is 16.9 Å². The van der Waals surface area contributed by atoms with E-state index in [0.717, 1.165) is 16.3 Å². The third-order valence-electron chi connectivity index (χ3n) is 6.63. The van der Waals surface area contributed by atoms with Crippen molar-refractivity contribution in [3.8, 4) is 11.5 Å². The minimum atomic E-state index is -2.08. The van der Waals surface area contributed by atoms with Crippen molar-refractivity contribution in [2.45, 2.75) is 18.6 Å². The summed E-state index contributed by atoms with van der Waals surface area (Å²) in [5.74, 6) is -0.193. The number of aliphatic hydroxyl groups is 1. The van der Waals surface area contributed by atoms with Gasteiger partial charge >= 0.3 is 0 Å². The molecule has 0 bridgehead atoms. The molecule has 1 heterocycles. The number of methoxy groups -OCH3 is 2. The second kappa shape index (κ2) is 9.30. The van der Waals surface area contributed by atoms with Crippen LogP contribution in [0.4, 0.5) is 5.69 Å². The van der Waals surface area contributed by atoms with Crippen molar-refractivity contribution >= 4 is 39.8 Å². The molecule has 36 heavy (non-hydrogen) atoms. The lowest BCUT2D eigenvalue weighted by Gasteiger charge is -2.23. The molecule has 6 nitrogen and oxygen atoms in total. The van der Waals surface area contributed by atoms with Crippen LogP contribution in [0.15, 0.2) is 78.9 Å². The van der Waals surface area contributed by atoms with Crippen molar-refractivity contribution in [2.75, 3.05) is 19.1 Å². The molecule has 1 atom stereocenters. The molecule has 0 fully saturated rings. The molecule has 4 aromatic carbocycles. The topological polar surface area (TPSA) is 76.1 Å². The Morgan fingerprint density at radius 3 is 2.53 bits per heavy atom. The van der Waals surface area contributed by atoms with Gasteiger partial charge in [-0.15, -0.1) is 0 Å². The summed E-state index contributed by atoms with van der Waals surface area (Å²) >= 11 is 6.26. The molecule has 4 aromatic rings. The number of hydrogen-bond donors (Lipinski definition) is 1. The van der Waals surface area contributed by atoms with Crippen molar-refractivity contribution in [1.29, 1.82) is 0 Å². The fourth-order valence-electron chi connectivity index (χ4n) is 4.81. The minimum absolute atomic E-state index is 0.233. The van der Waals surface area contributed by atoms with Gasteiger partial charge in [0.25, 0.3) is 5.91 Å². The van der Waals surface area contributed by atoms with Crippen LogP contribution in [0.25, 0.3) is 10.8 Å². The van der Waals surface area contributed by atoms with E-state index in [-0.39, 0.29) is 12.1 Å². The molecule has 1 aliphatic rings. The average molecular weight is 502 g/mol. The maximum atomic E-state index is 13.8. The van der Waals surface area contributed by atoms with Crippen LogP contribution in [0.1, 0.15) is 27.9 Å². The Kier molecular flexibility index (Phi) is 6.16. The number of nitrogens with zero attached hydrogens (tertiary/aromatic N) is 1. The lowest BCUT2D eigenvalue weighted by atomic mass is 9.88. The van der Waals surface area contributed by atoms with E-state index in [9.17, 15) is 14.7 Å². The summed E-state index contributed by atoms with van der Waals surface area (Å²) < 4.78 is 10.6. The largest absolute Gasteiger partial charge is 0.497 e. The van der Waals surface area contributed by atoms with E-state index in [1.165, 1.54) is 19.1 Å². The van der Waals surface area contributed by atoms with Gasteiger partial charge in [-0.3, -0.25) is 9.59 Å². The number of carbonyl (C=O) groups is 2. The highest BCUT2D eigenvalue weighted by Crippen LogP contribution is 2.45. The Morgan fingerprint density at radius 2 is 1.75 bits per heavy atom. The Morgan fingerprint density at radius 1 is 0.972 bits per heavy atom. The molecule has 0 radical (unpaired) electrons. The molecule has 7 heteroatoms.